The molecule has 0 bridgehead atoms. The summed E-state index contributed by atoms with van der Waals surface area (Å²) in [5.74, 6) is 0. The van der Waals surface area contributed by atoms with Crippen molar-refractivity contribution in [1.29, 1.82) is 0 Å². The summed E-state index contributed by atoms with van der Waals surface area (Å²) < 4.78 is 4.76. The first-order valence-corrected chi connectivity index (χ1v) is 3.41. The van der Waals surface area contributed by atoms with Crippen LogP contribution in [0.25, 0.3) is 0 Å². The molecule has 4 heteroatoms. The minimum Gasteiger partial charge on any atom is -0.469 e. The Morgan fingerprint density at radius 2 is 2.44 bits per heavy atom. The van der Waals surface area contributed by atoms with Gasteiger partial charge in [0, 0.05) is 6.54 Å². The molecule has 0 spiro atoms. The van der Waals surface area contributed by atoms with Crippen LogP contribution in [0.1, 0.15) is 6.92 Å². The third kappa shape index (κ3) is 4.29. The predicted octanol–water partition coefficient (Wildman–Crippen LogP) is 1.07. The topological polar surface area (TPSA) is 12.5 Å². The molecule has 0 amide bonds. The van der Waals surface area contributed by atoms with E-state index in [9.17, 15) is 0 Å². The van der Waals surface area contributed by atoms with Crippen molar-refractivity contribution in [3.05, 3.63) is 0 Å². The average Bonchev–Trinajstić information content (AvgIpc) is 1.91. The van der Waals surface area contributed by atoms with Gasteiger partial charge in [0.05, 0.1) is 0 Å². The highest BCUT2D eigenvalue weighted by Crippen LogP contribution is 1.81. The van der Waals surface area contributed by atoms with E-state index in [1.165, 1.54) is 5.55 Å². The molecule has 0 aromatic rings. The summed E-state index contributed by atoms with van der Waals surface area (Å²) in [6.45, 7) is 3.17. The minimum absolute atomic E-state index is 0.406. The van der Waals surface area contributed by atoms with Crippen LogP contribution < -0.4 is 0 Å². The first kappa shape index (κ1) is 8.78. The van der Waals surface area contributed by atoms with E-state index in [4.69, 9.17) is 4.74 Å². The van der Waals surface area contributed by atoms with Crippen molar-refractivity contribution in [1.82, 2.24) is 4.90 Å². The standard InChI is InChI=1S/C5H8NOS2/c1-2-6(4-8)3-7-5-9/h5H,2-3H2,1H3. The monoisotopic (exact) mass is 162 g/mol. The van der Waals surface area contributed by atoms with Gasteiger partial charge in [-0.1, -0.05) is 12.2 Å². The summed E-state index contributed by atoms with van der Waals surface area (Å²) in [5.41, 5.74) is 3.73. The van der Waals surface area contributed by atoms with Crippen molar-refractivity contribution in [2.45, 2.75) is 6.92 Å². The van der Waals surface area contributed by atoms with Crippen molar-refractivity contribution in [3.8, 4) is 0 Å². The fourth-order valence-electron chi connectivity index (χ4n) is 0.303. The molecule has 0 N–H and O–H groups in total. The van der Waals surface area contributed by atoms with Gasteiger partial charge in [-0.2, -0.15) is 0 Å². The summed E-state index contributed by atoms with van der Waals surface area (Å²) in [4.78, 5) is 1.71. The van der Waals surface area contributed by atoms with Gasteiger partial charge >= 0.3 is 0 Å². The van der Waals surface area contributed by atoms with Crippen LogP contribution in [0.5, 0.6) is 0 Å². The number of hydrogen-bond donors (Lipinski definition) is 0. The Labute approximate surface area is 65.8 Å². The Morgan fingerprint density at radius 1 is 1.78 bits per heavy atom. The molecule has 0 saturated carbocycles. The van der Waals surface area contributed by atoms with Crippen molar-refractivity contribution < 1.29 is 4.74 Å². The first-order valence-electron chi connectivity index (χ1n) is 2.53. The second-order valence-electron chi connectivity index (χ2n) is 1.34. The molecule has 1 radical (unpaired) electrons. The van der Waals surface area contributed by atoms with Crippen LogP contribution in [0.3, 0.4) is 0 Å². The SMILES string of the molecule is CCN([C]=S)COC=S. The molecule has 51 valence electrons. The van der Waals surface area contributed by atoms with Crippen LogP contribution in [0.4, 0.5) is 0 Å². The molecular weight excluding hydrogens is 154 g/mol. The summed E-state index contributed by atoms with van der Waals surface area (Å²) in [5, 5.41) is 0. The highest BCUT2D eigenvalue weighted by Gasteiger charge is 1.92. The van der Waals surface area contributed by atoms with E-state index in [2.05, 4.69) is 29.9 Å². The maximum absolute atomic E-state index is 4.76. The zero-order valence-corrected chi connectivity index (χ0v) is 6.80. The second-order valence-corrected chi connectivity index (χ2v) is 1.71. The van der Waals surface area contributed by atoms with E-state index in [0.29, 0.717) is 6.73 Å². The molecule has 9 heavy (non-hydrogen) atoms. The second kappa shape index (κ2) is 5.91. The maximum atomic E-state index is 4.76. The molecule has 0 fully saturated rings. The fraction of sp³-hybridized carbons (Fsp3) is 0.600. The van der Waals surface area contributed by atoms with Crippen molar-refractivity contribution in [3.63, 3.8) is 0 Å². The lowest BCUT2D eigenvalue weighted by Crippen LogP contribution is -2.22. The van der Waals surface area contributed by atoms with E-state index in [1.807, 2.05) is 6.92 Å². The lowest BCUT2D eigenvalue weighted by atomic mass is 10.7. The number of nitrogens with zero attached hydrogens (tertiary/aromatic N) is 1. The van der Waals surface area contributed by atoms with Gasteiger partial charge in [0.15, 0.2) is 6.73 Å². The van der Waals surface area contributed by atoms with E-state index in [-0.39, 0.29) is 0 Å². The zero-order valence-electron chi connectivity index (χ0n) is 5.16. The van der Waals surface area contributed by atoms with Gasteiger partial charge in [0.2, 0.25) is 0 Å². The molecule has 0 heterocycles. The molecule has 0 atom stereocenters. The smallest absolute Gasteiger partial charge is 0.162 e. The van der Waals surface area contributed by atoms with E-state index >= 15 is 0 Å². The number of rotatable bonds is 5. The molecule has 0 saturated heterocycles. The van der Waals surface area contributed by atoms with Crippen LogP contribution in [0, 0.1) is 0 Å². The summed E-state index contributed by atoms with van der Waals surface area (Å²) in [7, 11) is 0. The molecule has 0 aromatic heterocycles. The summed E-state index contributed by atoms with van der Waals surface area (Å²) in [6, 6.07) is 0. The van der Waals surface area contributed by atoms with E-state index in [1.54, 1.807) is 4.90 Å². The van der Waals surface area contributed by atoms with Crippen LogP contribution in [0.2, 0.25) is 0 Å². The van der Waals surface area contributed by atoms with Gasteiger partial charge in [-0.05, 0) is 19.1 Å². The largest absolute Gasteiger partial charge is 0.469 e. The third-order valence-electron chi connectivity index (χ3n) is 0.809. The fourth-order valence-corrected chi connectivity index (χ4v) is 0.545. The molecule has 0 aliphatic rings. The molecule has 2 nitrogen and oxygen atoms in total. The van der Waals surface area contributed by atoms with Gasteiger partial charge < -0.3 is 9.64 Å². The Hall–Kier alpha value is -0.220. The van der Waals surface area contributed by atoms with Gasteiger partial charge in [0.1, 0.15) is 11.0 Å². The van der Waals surface area contributed by atoms with Crippen LogP contribution >= 0.6 is 24.4 Å². The van der Waals surface area contributed by atoms with Crippen molar-refractivity contribution in [2.24, 2.45) is 0 Å². The zero-order chi connectivity index (χ0) is 7.11. The Bertz CT molecular complexity index is 97.0. The summed E-state index contributed by atoms with van der Waals surface area (Å²) in [6.07, 6.45) is 0. The Morgan fingerprint density at radius 3 is 2.78 bits per heavy atom. The van der Waals surface area contributed by atoms with Crippen LogP contribution in [-0.4, -0.2) is 29.2 Å². The van der Waals surface area contributed by atoms with Crippen LogP contribution in [0.15, 0.2) is 0 Å². The normalized spacial score (nSPS) is 8.11. The van der Waals surface area contributed by atoms with Crippen molar-refractivity contribution >= 4 is 35.5 Å². The average molecular weight is 162 g/mol. The van der Waals surface area contributed by atoms with Crippen LogP contribution in [-0.2, 0) is 4.74 Å². The summed E-state index contributed by atoms with van der Waals surface area (Å²) >= 11 is 8.96. The first-order chi connectivity index (χ1) is 4.35. The lowest BCUT2D eigenvalue weighted by Gasteiger charge is -2.12. The number of thiocarbonyl (C=S) groups is 2. The molecule has 0 rings (SSSR count). The van der Waals surface area contributed by atoms with Gasteiger partial charge in [-0.25, -0.2) is 0 Å². The minimum atomic E-state index is 0.406. The quantitative estimate of drug-likeness (QED) is 0.340. The van der Waals surface area contributed by atoms with Crippen molar-refractivity contribution in [2.75, 3.05) is 13.3 Å². The molecular formula is C5H8NOS2. The molecule has 0 aliphatic carbocycles. The van der Waals surface area contributed by atoms with E-state index < -0.39 is 0 Å². The molecule has 0 aromatic carbocycles. The molecule has 0 aliphatic heterocycles. The Balaban J connectivity index is 3.30. The molecule has 0 unspecified atom stereocenters. The predicted molar refractivity (Wildman–Crippen MR) is 44.6 cm³/mol. The van der Waals surface area contributed by atoms with Gasteiger partial charge in [-0.15, -0.1) is 0 Å². The number of ether oxygens (including phenoxy) is 1. The highest BCUT2D eigenvalue weighted by atomic mass is 32.1. The van der Waals surface area contributed by atoms with Gasteiger partial charge in [-0.3, -0.25) is 0 Å². The number of hydrogen-bond acceptors (Lipinski definition) is 3. The Kier molecular flexibility index (Phi) is 5.76. The van der Waals surface area contributed by atoms with Gasteiger partial charge in [0.25, 0.3) is 0 Å². The lowest BCUT2D eigenvalue weighted by molar-refractivity contribution is 0.206. The maximum Gasteiger partial charge on any atom is 0.162 e. The highest BCUT2D eigenvalue weighted by molar-refractivity contribution is 7.79. The van der Waals surface area contributed by atoms with E-state index in [0.717, 1.165) is 6.54 Å². The third-order valence-corrected chi connectivity index (χ3v) is 1.20.